The van der Waals surface area contributed by atoms with Crippen LogP contribution in [0.5, 0.6) is 5.75 Å². The lowest BCUT2D eigenvalue weighted by Gasteiger charge is -2.42. The minimum Gasteiger partial charge on any atom is -0.503 e. The second kappa shape index (κ2) is 10.6. The number of carbonyl (C=O) groups is 2. The highest BCUT2D eigenvalue weighted by molar-refractivity contribution is 5.99. The highest BCUT2D eigenvalue weighted by Crippen LogP contribution is 2.45. The number of nitrogens with one attached hydrogen (secondary N) is 1. The minimum absolute atomic E-state index is 0.181. The first-order valence-corrected chi connectivity index (χ1v) is 13.6. The molecule has 2 bridgehead atoms. The Hall–Kier alpha value is -4.16. The van der Waals surface area contributed by atoms with Gasteiger partial charge in [0.15, 0.2) is 17.7 Å². The molecule has 0 saturated carbocycles. The summed E-state index contributed by atoms with van der Waals surface area (Å²) in [6, 6.07) is 9.76. The average Bonchev–Trinajstić information content (AvgIpc) is 3.31. The lowest BCUT2D eigenvalue weighted by molar-refractivity contribution is -0.108. The first kappa shape index (κ1) is 28.0. The number of hydrogen-bond donors (Lipinski definition) is 2. The van der Waals surface area contributed by atoms with Crippen LogP contribution in [-0.2, 0) is 22.4 Å². The van der Waals surface area contributed by atoms with Crippen LogP contribution in [-0.4, -0.2) is 57.5 Å². The Kier molecular flexibility index (Phi) is 7.06. The number of aromatic nitrogens is 1. The van der Waals surface area contributed by atoms with Crippen molar-refractivity contribution in [2.24, 2.45) is 0 Å². The molecule has 0 radical (unpaired) electrons. The number of amides is 2. The van der Waals surface area contributed by atoms with Gasteiger partial charge in [0, 0.05) is 49.4 Å². The van der Waals surface area contributed by atoms with E-state index >= 15 is 0 Å². The van der Waals surface area contributed by atoms with E-state index in [0.717, 1.165) is 5.56 Å². The zero-order valence-corrected chi connectivity index (χ0v) is 22.6. The van der Waals surface area contributed by atoms with Crippen molar-refractivity contribution in [1.82, 2.24) is 14.8 Å². The predicted molar refractivity (Wildman–Crippen MR) is 142 cm³/mol. The molecule has 3 aromatic rings. The van der Waals surface area contributed by atoms with E-state index in [1.807, 2.05) is 37.3 Å². The lowest BCUT2D eigenvalue weighted by atomic mass is 9.88. The van der Waals surface area contributed by atoms with Crippen LogP contribution in [0.25, 0.3) is 0 Å². The Balaban J connectivity index is 1.35. The van der Waals surface area contributed by atoms with Crippen molar-refractivity contribution < 1.29 is 37.3 Å². The summed E-state index contributed by atoms with van der Waals surface area (Å²) in [6.07, 6.45) is 2.16. The summed E-state index contributed by atoms with van der Waals surface area (Å²) in [5.74, 6) is -6.04. The molecule has 6 rings (SSSR count). The number of halogens is 3. The largest absolute Gasteiger partial charge is 0.503 e. The standard InChI is InChI=1S/C30H28F3N3O6/c1-16-7-8-30(15-41-24(42-30)9-17-5-3-2-4-6-17)23-14-35(16)29(40)25-27(38)26(37)20(13-36(23)25)28(39)34-12-19-21(32)10-18(31)11-22(19)33/h2-6,10-11,13,16,23-24,38H,7-9,12,14-15H2,1H3,(H,34,39). The number of hydrogen-bond acceptors (Lipinski definition) is 6. The summed E-state index contributed by atoms with van der Waals surface area (Å²) in [5.41, 5.74) is -2.45. The number of nitrogens with zero attached hydrogens (tertiary/aromatic N) is 2. The smallest absolute Gasteiger partial charge is 0.274 e. The molecule has 0 aliphatic carbocycles. The molecule has 2 N–H and O–H groups in total. The average molecular weight is 584 g/mol. The van der Waals surface area contributed by atoms with Crippen LogP contribution >= 0.6 is 0 Å². The van der Waals surface area contributed by atoms with Gasteiger partial charge in [-0.05, 0) is 25.3 Å². The number of ether oxygens (including phenoxy) is 2. The van der Waals surface area contributed by atoms with Gasteiger partial charge in [0.2, 0.25) is 5.43 Å². The Morgan fingerprint density at radius 3 is 2.57 bits per heavy atom. The van der Waals surface area contributed by atoms with E-state index in [0.29, 0.717) is 31.4 Å². The summed E-state index contributed by atoms with van der Waals surface area (Å²) in [7, 11) is 0. The fourth-order valence-electron chi connectivity index (χ4n) is 6.09. The SMILES string of the molecule is CC1CCC2(COC(Cc3ccccc3)O2)C2CN1C(=O)c1c(O)c(=O)c(C(=O)NCc3c(F)cc(F)cc3F)cn12. The molecule has 4 unspecified atom stereocenters. The molecule has 2 fully saturated rings. The van der Waals surface area contributed by atoms with Crippen LogP contribution in [0.15, 0.2) is 53.5 Å². The fraction of sp³-hybridized carbons (Fsp3) is 0.367. The van der Waals surface area contributed by atoms with Crippen molar-refractivity contribution in [3.8, 4) is 5.75 Å². The van der Waals surface area contributed by atoms with Crippen LogP contribution < -0.4 is 10.7 Å². The topological polar surface area (TPSA) is 110 Å². The molecule has 1 spiro atoms. The molecule has 4 atom stereocenters. The van der Waals surface area contributed by atoms with Gasteiger partial charge in [0.05, 0.1) is 12.6 Å². The van der Waals surface area contributed by atoms with Crippen LogP contribution in [0.3, 0.4) is 0 Å². The predicted octanol–water partition coefficient (Wildman–Crippen LogP) is 3.43. The third-order valence-electron chi connectivity index (χ3n) is 8.40. The monoisotopic (exact) mass is 583 g/mol. The van der Waals surface area contributed by atoms with E-state index in [-0.39, 0.29) is 24.9 Å². The minimum atomic E-state index is -1.21. The number of carbonyl (C=O) groups excluding carboxylic acids is 2. The molecule has 3 aliphatic heterocycles. The number of aromatic hydroxyl groups is 1. The molecule has 12 heteroatoms. The van der Waals surface area contributed by atoms with Gasteiger partial charge in [-0.25, -0.2) is 13.2 Å². The molecule has 2 amide bonds. The van der Waals surface area contributed by atoms with Gasteiger partial charge in [0.25, 0.3) is 11.8 Å². The van der Waals surface area contributed by atoms with Crippen molar-refractivity contribution >= 4 is 11.8 Å². The van der Waals surface area contributed by atoms with Gasteiger partial charge in [-0.15, -0.1) is 0 Å². The maximum Gasteiger partial charge on any atom is 0.274 e. The van der Waals surface area contributed by atoms with Gasteiger partial charge < -0.3 is 29.4 Å². The summed E-state index contributed by atoms with van der Waals surface area (Å²) < 4.78 is 55.6. The molecular weight excluding hydrogens is 555 g/mol. The summed E-state index contributed by atoms with van der Waals surface area (Å²) in [5, 5.41) is 13.2. The first-order chi connectivity index (χ1) is 20.1. The van der Waals surface area contributed by atoms with E-state index < -0.39 is 76.0 Å². The zero-order chi connectivity index (χ0) is 29.8. The molecule has 220 valence electrons. The van der Waals surface area contributed by atoms with Crippen molar-refractivity contribution in [1.29, 1.82) is 0 Å². The Labute approximate surface area is 238 Å². The Morgan fingerprint density at radius 1 is 1.14 bits per heavy atom. The first-order valence-electron chi connectivity index (χ1n) is 13.6. The molecule has 2 aromatic carbocycles. The van der Waals surface area contributed by atoms with Crippen LogP contribution in [0.1, 0.15) is 57.8 Å². The van der Waals surface area contributed by atoms with Crippen molar-refractivity contribution in [3.05, 3.63) is 98.7 Å². The van der Waals surface area contributed by atoms with E-state index in [1.54, 1.807) is 4.90 Å². The zero-order valence-electron chi connectivity index (χ0n) is 22.6. The summed E-state index contributed by atoms with van der Waals surface area (Å²) in [6.45, 7) is 1.56. The number of rotatable bonds is 5. The van der Waals surface area contributed by atoms with Crippen molar-refractivity contribution in [2.75, 3.05) is 13.2 Å². The summed E-state index contributed by atoms with van der Waals surface area (Å²) in [4.78, 5) is 41.3. The van der Waals surface area contributed by atoms with Gasteiger partial charge >= 0.3 is 0 Å². The van der Waals surface area contributed by atoms with Gasteiger partial charge in [-0.1, -0.05) is 30.3 Å². The molecule has 1 aromatic heterocycles. The Bertz CT molecular complexity index is 1610. The van der Waals surface area contributed by atoms with E-state index in [1.165, 1.54) is 10.8 Å². The lowest BCUT2D eigenvalue weighted by Crippen LogP contribution is -2.53. The maximum absolute atomic E-state index is 14.1. The third-order valence-corrected chi connectivity index (χ3v) is 8.40. The van der Waals surface area contributed by atoms with Crippen LogP contribution in [0, 0.1) is 17.5 Å². The van der Waals surface area contributed by atoms with Gasteiger partial charge in [-0.3, -0.25) is 14.4 Å². The van der Waals surface area contributed by atoms with Crippen molar-refractivity contribution in [2.45, 2.75) is 56.7 Å². The molecule has 3 aliphatic rings. The van der Waals surface area contributed by atoms with Crippen LogP contribution in [0.4, 0.5) is 13.2 Å². The van der Waals surface area contributed by atoms with Crippen molar-refractivity contribution in [3.63, 3.8) is 0 Å². The number of pyridine rings is 1. The van der Waals surface area contributed by atoms with E-state index in [4.69, 9.17) is 9.47 Å². The number of benzene rings is 2. The third kappa shape index (κ3) is 4.74. The second-order valence-electron chi connectivity index (χ2n) is 11.0. The fourth-order valence-corrected chi connectivity index (χ4v) is 6.09. The summed E-state index contributed by atoms with van der Waals surface area (Å²) >= 11 is 0. The Morgan fingerprint density at radius 2 is 1.86 bits per heavy atom. The molecule has 2 saturated heterocycles. The molecule has 4 heterocycles. The second-order valence-corrected chi connectivity index (χ2v) is 11.0. The highest BCUT2D eigenvalue weighted by Gasteiger charge is 2.54. The maximum atomic E-state index is 14.1. The highest BCUT2D eigenvalue weighted by atomic mass is 19.1. The van der Waals surface area contributed by atoms with Gasteiger partial charge in [-0.2, -0.15) is 0 Å². The van der Waals surface area contributed by atoms with E-state index in [2.05, 4.69) is 5.32 Å². The molecule has 9 nitrogen and oxygen atoms in total. The molecular formula is C30H28F3N3O6. The normalized spacial score (nSPS) is 24.9. The van der Waals surface area contributed by atoms with Gasteiger partial charge in [0.1, 0.15) is 28.6 Å². The quantitative estimate of drug-likeness (QED) is 0.477. The molecule has 42 heavy (non-hydrogen) atoms. The number of fused-ring (bicyclic) bond motifs is 5. The van der Waals surface area contributed by atoms with Crippen LogP contribution in [0.2, 0.25) is 0 Å². The van der Waals surface area contributed by atoms with E-state index in [9.17, 15) is 32.7 Å².